The summed E-state index contributed by atoms with van der Waals surface area (Å²) in [4.78, 5) is 6.62. The van der Waals surface area contributed by atoms with E-state index in [0.717, 1.165) is 38.3 Å². The SMILES string of the molecule is Cc1nccn1CCCN1CCC[C@@H]1CO. The monoisotopic (exact) mass is 223 g/mol. The van der Waals surface area contributed by atoms with E-state index < -0.39 is 0 Å². The molecule has 16 heavy (non-hydrogen) atoms. The Kier molecular flexibility index (Phi) is 3.96. The Morgan fingerprint density at radius 2 is 2.38 bits per heavy atom. The van der Waals surface area contributed by atoms with E-state index in [1.165, 1.54) is 6.42 Å². The van der Waals surface area contributed by atoms with Gasteiger partial charge in [0.25, 0.3) is 0 Å². The van der Waals surface area contributed by atoms with Crippen LogP contribution >= 0.6 is 0 Å². The molecule has 0 amide bonds. The molecule has 1 aliphatic rings. The van der Waals surface area contributed by atoms with Crippen LogP contribution in [0.2, 0.25) is 0 Å². The average molecular weight is 223 g/mol. The molecule has 1 N–H and O–H groups in total. The van der Waals surface area contributed by atoms with Gasteiger partial charge in [-0.15, -0.1) is 0 Å². The number of aliphatic hydroxyl groups excluding tert-OH is 1. The molecule has 4 nitrogen and oxygen atoms in total. The highest BCUT2D eigenvalue weighted by Crippen LogP contribution is 2.16. The molecular weight excluding hydrogens is 202 g/mol. The van der Waals surface area contributed by atoms with E-state index in [4.69, 9.17) is 0 Å². The van der Waals surface area contributed by atoms with Gasteiger partial charge in [0.15, 0.2) is 0 Å². The summed E-state index contributed by atoms with van der Waals surface area (Å²) in [6.07, 6.45) is 7.40. The van der Waals surface area contributed by atoms with Crippen LogP contribution in [-0.2, 0) is 6.54 Å². The van der Waals surface area contributed by atoms with E-state index in [-0.39, 0.29) is 0 Å². The van der Waals surface area contributed by atoms with Crippen LogP contribution in [0.25, 0.3) is 0 Å². The number of aryl methyl sites for hydroxylation is 2. The maximum absolute atomic E-state index is 9.21. The maximum Gasteiger partial charge on any atom is 0.105 e. The molecule has 1 fully saturated rings. The lowest BCUT2D eigenvalue weighted by Gasteiger charge is -2.22. The molecule has 0 aliphatic carbocycles. The largest absolute Gasteiger partial charge is 0.395 e. The van der Waals surface area contributed by atoms with E-state index in [1.54, 1.807) is 0 Å². The quantitative estimate of drug-likeness (QED) is 0.811. The second-order valence-electron chi connectivity index (χ2n) is 4.54. The summed E-state index contributed by atoms with van der Waals surface area (Å²) in [5, 5.41) is 9.21. The number of rotatable bonds is 5. The molecule has 0 spiro atoms. The topological polar surface area (TPSA) is 41.3 Å². The molecule has 1 saturated heterocycles. The van der Waals surface area contributed by atoms with Crippen LogP contribution in [0, 0.1) is 6.92 Å². The van der Waals surface area contributed by atoms with E-state index in [1.807, 2.05) is 19.3 Å². The number of aliphatic hydroxyl groups is 1. The van der Waals surface area contributed by atoms with Crippen LogP contribution < -0.4 is 0 Å². The van der Waals surface area contributed by atoms with Crippen molar-refractivity contribution in [3.63, 3.8) is 0 Å². The summed E-state index contributed by atoms with van der Waals surface area (Å²) >= 11 is 0. The van der Waals surface area contributed by atoms with Gasteiger partial charge in [0.05, 0.1) is 6.61 Å². The summed E-state index contributed by atoms with van der Waals surface area (Å²) in [6.45, 7) is 5.61. The van der Waals surface area contributed by atoms with E-state index in [9.17, 15) is 5.11 Å². The third kappa shape index (κ3) is 2.62. The van der Waals surface area contributed by atoms with Crippen LogP contribution in [-0.4, -0.2) is 45.3 Å². The van der Waals surface area contributed by atoms with Crippen molar-refractivity contribution in [1.82, 2.24) is 14.5 Å². The number of imidazole rings is 1. The Balaban J connectivity index is 1.74. The second-order valence-corrected chi connectivity index (χ2v) is 4.54. The molecule has 0 aromatic carbocycles. The smallest absolute Gasteiger partial charge is 0.105 e. The van der Waals surface area contributed by atoms with Crippen LogP contribution in [0.15, 0.2) is 12.4 Å². The van der Waals surface area contributed by atoms with E-state index in [0.29, 0.717) is 12.6 Å². The molecule has 0 unspecified atom stereocenters. The number of aromatic nitrogens is 2. The van der Waals surface area contributed by atoms with Gasteiger partial charge in [-0.1, -0.05) is 0 Å². The van der Waals surface area contributed by atoms with Gasteiger partial charge in [-0.05, 0) is 32.7 Å². The zero-order chi connectivity index (χ0) is 11.4. The molecule has 1 aliphatic heterocycles. The fourth-order valence-corrected chi connectivity index (χ4v) is 2.48. The molecule has 2 heterocycles. The Morgan fingerprint density at radius 3 is 3.06 bits per heavy atom. The minimum Gasteiger partial charge on any atom is -0.395 e. The summed E-state index contributed by atoms with van der Waals surface area (Å²) < 4.78 is 2.18. The second kappa shape index (κ2) is 5.46. The first kappa shape index (κ1) is 11.6. The lowest BCUT2D eigenvalue weighted by Crippen LogP contribution is -2.33. The summed E-state index contributed by atoms with van der Waals surface area (Å²) in [5.41, 5.74) is 0. The zero-order valence-electron chi connectivity index (χ0n) is 9.97. The standard InChI is InChI=1S/C12H21N3O/c1-11-13-5-9-14(11)7-3-8-15-6-2-4-12(15)10-16/h5,9,12,16H,2-4,6-8,10H2,1H3/t12-/m1/s1. The Bertz CT molecular complexity index is 324. The average Bonchev–Trinajstić information content (AvgIpc) is 2.88. The number of likely N-dealkylation sites (tertiary alicyclic amines) is 1. The van der Waals surface area contributed by atoms with Crippen molar-refractivity contribution < 1.29 is 5.11 Å². The Morgan fingerprint density at radius 1 is 1.50 bits per heavy atom. The van der Waals surface area contributed by atoms with Crippen molar-refractivity contribution in [3.8, 4) is 0 Å². The van der Waals surface area contributed by atoms with Gasteiger partial charge in [-0.25, -0.2) is 4.98 Å². The summed E-state index contributed by atoms with van der Waals surface area (Å²) in [5.74, 6) is 1.08. The van der Waals surface area contributed by atoms with Gasteiger partial charge in [-0.3, -0.25) is 4.90 Å². The molecule has 0 radical (unpaired) electrons. The predicted octanol–water partition coefficient (Wildman–Crippen LogP) is 1.04. The molecule has 0 saturated carbocycles. The molecule has 90 valence electrons. The molecule has 1 atom stereocenters. The molecule has 2 rings (SSSR count). The van der Waals surface area contributed by atoms with Crippen molar-refractivity contribution in [2.24, 2.45) is 0 Å². The number of hydrogen-bond donors (Lipinski definition) is 1. The van der Waals surface area contributed by atoms with E-state index in [2.05, 4.69) is 14.5 Å². The summed E-state index contributed by atoms with van der Waals surface area (Å²) in [6, 6.07) is 0.406. The third-order valence-electron chi connectivity index (χ3n) is 3.48. The van der Waals surface area contributed by atoms with Crippen LogP contribution in [0.5, 0.6) is 0 Å². The van der Waals surface area contributed by atoms with Gasteiger partial charge in [-0.2, -0.15) is 0 Å². The fraction of sp³-hybridized carbons (Fsp3) is 0.750. The van der Waals surface area contributed by atoms with Crippen molar-refractivity contribution in [2.75, 3.05) is 19.7 Å². The van der Waals surface area contributed by atoms with Gasteiger partial charge in [0.1, 0.15) is 5.82 Å². The first-order chi connectivity index (χ1) is 7.81. The van der Waals surface area contributed by atoms with Gasteiger partial charge in [0, 0.05) is 31.5 Å². The Hall–Kier alpha value is -0.870. The van der Waals surface area contributed by atoms with Crippen molar-refractivity contribution in [2.45, 2.75) is 38.8 Å². The number of nitrogens with zero attached hydrogens (tertiary/aromatic N) is 3. The highest BCUT2D eigenvalue weighted by molar-refractivity contribution is 4.88. The lowest BCUT2D eigenvalue weighted by molar-refractivity contribution is 0.156. The highest BCUT2D eigenvalue weighted by Gasteiger charge is 2.22. The normalized spacial score (nSPS) is 21.8. The van der Waals surface area contributed by atoms with Crippen LogP contribution in [0.1, 0.15) is 25.1 Å². The van der Waals surface area contributed by atoms with Gasteiger partial charge < -0.3 is 9.67 Å². The Labute approximate surface area is 96.9 Å². The first-order valence-corrected chi connectivity index (χ1v) is 6.14. The van der Waals surface area contributed by atoms with Gasteiger partial charge >= 0.3 is 0 Å². The lowest BCUT2D eigenvalue weighted by atomic mass is 10.2. The fourth-order valence-electron chi connectivity index (χ4n) is 2.48. The van der Waals surface area contributed by atoms with Crippen molar-refractivity contribution >= 4 is 0 Å². The highest BCUT2D eigenvalue weighted by atomic mass is 16.3. The van der Waals surface area contributed by atoms with Crippen molar-refractivity contribution in [1.29, 1.82) is 0 Å². The van der Waals surface area contributed by atoms with Crippen molar-refractivity contribution in [3.05, 3.63) is 18.2 Å². The minimum absolute atomic E-state index is 0.310. The first-order valence-electron chi connectivity index (χ1n) is 6.14. The molecule has 1 aromatic heterocycles. The predicted molar refractivity (Wildman–Crippen MR) is 63.3 cm³/mol. The minimum atomic E-state index is 0.310. The molecule has 0 bridgehead atoms. The van der Waals surface area contributed by atoms with E-state index >= 15 is 0 Å². The zero-order valence-corrected chi connectivity index (χ0v) is 9.97. The number of hydrogen-bond acceptors (Lipinski definition) is 3. The maximum atomic E-state index is 9.21. The van der Waals surface area contributed by atoms with Crippen LogP contribution in [0.4, 0.5) is 0 Å². The van der Waals surface area contributed by atoms with Crippen LogP contribution in [0.3, 0.4) is 0 Å². The molecule has 1 aromatic rings. The summed E-state index contributed by atoms with van der Waals surface area (Å²) in [7, 11) is 0. The third-order valence-corrected chi connectivity index (χ3v) is 3.48. The molecular formula is C12H21N3O. The van der Waals surface area contributed by atoms with Gasteiger partial charge in [0.2, 0.25) is 0 Å². The molecule has 4 heteroatoms.